The van der Waals surface area contributed by atoms with E-state index in [0.717, 1.165) is 17.7 Å². The van der Waals surface area contributed by atoms with Gasteiger partial charge in [0, 0.05) is 17.7 Å². The largest absolute Gasteiger partial charge is 0.485 e. The molecule has 0 aliphatic heterocycles. The van der Waals surface area contributed by atoms with Gasteiger partial charge in [-0.15, -0.1) is 0 Å². The van der Waals surface area contributed by atoms with E-state index in [9.17, 15) is 0 Å². The van der Waals surface area contributed by atoms with E-state index in [4.69, 9.17) is 15.0 Å². The van der Waals surface area contributed by atoms with Gasteiger partial charge in [-0.3, -0.25) is 0 Å². The van der Waals surface area contributed by atoms with E-state index in [-0.39, 0.29) is 6.04 Å². The SMILES string of the molecule is CC[C@@H](N)c1ccccc1OCc1ccno1. The summed E-state index contributed by atoms with van der Waals surface area (Å²) in [7, 11) is 0. The van der Waals surface area contributed by atoms with Gasteiger partial charge < -0.3 is 15.0 Å². The maximum Gasteiger partial charge on any atom is 0.174 e. The first-order valence-corrected chi connectivity index (χ1v) is 5.68. The van der Waals surface area contributed by atoms with Gasteiger partial charge in [-0.25, -0.2) is 0 Å². The summed E-state index contributed by atoms with van der Waals surface area (Å²) in [6.45, 7) is 2.42. The average Bonchev–Trinajstić information content (AvgIpc) is 2.89. The highest BCUT2D eigenvalue weighted by Gasteiger charge is 2.10. The van der Waals surface area contributed by atoms with Gasteiger partial charge >= 0.3 is 0 Å². The topological polar surface area (TPSA) is 61.3 Å². The Balaban J connectivity index is 2.09. The molecule has 1 heterocycles. The van der Waals surface area contributed by atoms with Gasteiger partial charge in [0.15, 0.2) is 5.76 Å². The summed E-state index contributed by atoms with van der Waals surface area (Å²) in [4.78, 5) is 0. The van der Waals surface area contributed by atoms with E-state index in [1.807, 2.05) is 24.3 Å². The van der Waals surface area contributed by atoms with Crippen LogP contribution in [0.3, 0.4) is 0 Å². The smallest absolute Gasteiger partial charge is 0.174 e. The number of nitrogens with two attached hydrogens (primary N) is 1. The number of hydrogen-bond acceptors (Lipinski definition) is 4. The fourth-order valence-electron chi connectivity index (χ4n) is 1.60. The number of hydrogen-bond donors (Lipinski definition) is 1. The summed E-state index contributed by atoms with van der Waals surface area (Å²) in [5, 5.41) is 3.63. The monoisotopic (exact) mass is 232 g/mol. The van der Waals surface area contributed by atoms with Crippen LogP contribution in [0, 0.1) is 0 Å². The van der Waals surface area contributed by atoms with E-state index in [2.05, 4.69) is 12.1 Å². The number of benzene rings is 1. The lowest BCUT2D eigenvalue weighted by molar-refractivity contribution is 0.246. The molecule has 90 valence electrons. The Morgan fingerprint density at radius 2 is 2.18 bits per heavy atom. The van der Waals surface area contributed by atoms with Crippen LogP contribution in [-0.4, -0.2) is 5.16 Å². The van der Waals surface area contributed by atoms with E-state index >= 15 is 0 Å². The standard InChI is InChI=1S/C13H16N2O2/c1-2-12(14)11-5-3-4-6-13(11)16-9-10-7-8-15-17-10/h3-8,12H,2,9,14H2,1H3/t12-/m1/s1. The molecule has 0 saturated heterocycles. The molecule has 2 rings (SSSR count). The second-order valence-corrected chi connectivity index (χ2v) is 3.82. The molecule has 0 amide bonds. The minimum Gasteiger partial charge on any atom is -0.485 e. The Hall–Kier alpha value is -1.81. The van der Waals surface area contributed by atoms with Crippen molar-refractivity contribution in [1.29, 1.82) is 0 Å². The van der Waals surface area contributed by atoms with Crippen molar-refractivity contribution in [2.45, 2.75) is 26.0 Å². The lowest BCUT2D eigenvalue weighted by Crippen LogP contribution is -2.10. The quantitative estimate of drug-likeness (QED) is 0.860. The maximum absolute atomic E-state index is 6.03. The first-order valence-electron chi connectivity index (χ1n) is 5.68. The molecule has 0 spiro atoms. The molecule has 1 aromatic heterocycles. The third-order valence-corrected chi connectivity index (χ3v) is 2.62. The van der Waals surface area contributed by atoms with Crippen LogP contribution in [0.1, 0.15) is 30.7 Å². The first kappa shape index (κ1) is 11.7. The van der Waals surface area contributed by atoms with Crippen LogP contribution in [0.15, 0.2) is 41.1 Å². The van der Waals surface area contributed by atoms with Gasteiger partial charge in [0.2, 0.25) is 0 Å². The molecule has 0 radical (unpaired) electrons. The van der Waals surface area contributed by atoms with E-state index in [1.54, 1.807) is 12.3 Å². The fourth-order valence-corrected chi connectivity index (χ4v) is 1.60. The normalized spacial score (nSPS) is 12.4. The van der Waals surface area contributed by atoms with E-state index in [1.165, 1.54) is 0 Å². The predicted molar refractivity (Wildman–Crippen MR) is 64.5 cm³/mol. The second-order valence-electron chi connectivity index (χ2n) is 3.82. The van der Waals surface area contributed by atoms with Crippen LogP contribution in [0.4, 0.5) is 0 Å². The van der Waals surface area contributed by atoms with Crippen LogP contribution < -0.4 is 10.5 Å². The summed E-state index contributed by atoms with van der Waals surface area (Å²) in [6.07, 6.45) is 2.48. The average molecular weight is 232 g/mol. The van der Waals surface area contributed by atoms with Crippen LogP contribution in [0.25, 0.3) is 0 Å². The molecule has 17 heavy (non-hydrogen) atoms. The highest BCUT2D eigenvalue weighted by Crippen LogP contribution is 2.25. The Kier molecular flexibility index (Phi) is 3.77. The molecule has 4 nitrogen and oxygen atoms in total. The number of para-hydroxylation sites is 1. The molecule has 0 fully saturated rings. The van der Waals surface area contributed by atoms with Crippen LogP contribution in [0.2, 0.25) is 0 Å². The van der Waals surface area contributed by atoms with Crippen molar-refractivity contribution in [2.24, 2.45) is 5.73 Å². The van der Waals surface area contributed by atoms with Crippen molar-refractivity contribution in [3.63, 3.8) is 0 Å². The number of nitrogens with zero attached hydrogens (tertiary/aromatic N) is 1. The van der Waals surface area contributed by atoms with Crippen molar-refractivity contribution in [1.82, 2.24) is 5.16 Å². The zero-order valence-electron chi connectivity index (χ0n) is 9.80. The van der Waals surface area contributed by atoms with Gasteiger partial charge in [-0.2, -0.15) is 0 Å². The fraction of sp³-hybridized carbons (Fsp3) is 0.308. The van der Waals surface area contributed by atoms with Gasteiger partial charge in [-0.1, -0.05) is 30.3 Å². The summed E-state index contributed by atoms with van der Waals surface area (Å²) in [5.74, 6) is 1.50. The van der Waals surface area contributed by atoms with Gasteiger partial charge in [0.25, 0.3) is 0 Å². The lowest BCUT2D eigenvalue weighted by Gasteiger charge is -2.14. The molecule has 0 unspecified atom stereocenters. The first-order chi connectivity index (χ1) is 8.31. The zero-order chi connectivity index (χ0) is 12.1. The molecular weight excluding hydrogens is 216 g/mol. The van der Waals surface area contributed by atoms with Crippen molar-refractivity contribution >= 4 is 0 Å². The highest BCUT2D eigenvalue weighted by molar-refractivity contribution is 5.35. The molecule has 0 saturated carbocycles. The summed E-state index contributed by atoms with van der Waals surface area (Å²) < 4.78 is 10.7. The summed E-state index contributed by atoms with van der Waals surface area (Å²) >= 11 is 0. The molecular formula is C13H16N2O2. The summed E-state index contributed by atoms with van der Waals surface area (Å²) in [5.41, 5.74) is 7.05. The van der Waals surface area contributed by atoms with Crippen molar-refractivity contribution in [3.8, 4) is 5.75 Å². The molecule has 1 atom stereocenters. The number of aromatic nitrogens is 1. The summed E-state index contributed by atoms with van der Waals surface area (Å²) in [6, 6.07) is 9.59. The third kappa shape index (κ3) is 2.85. The molecule has 2 N–H and O–H groups in total. The Morgan fingerprint density at radius 3 is 2.88 bits per heavy atom. The predicted octanol–water partition coefficient (Wildman–Crippen LogP) is 2.66. The molecule has 2 aromatic rings. The minimum atomic E-state index is 0.000857. The van der Waals surface area contributed by atoms with Crippen LogP contribution >= 0.6 is 0 Å². The number of rotatable bonds is 5. The molecule has 0 aliphatic rings. The van der Waals surface area contributed by atoms with E-state index in [0.29, 0.717) is 12.4 Å². The van der Waals surface area contributed by atoms with Crippen LogP contribution in [0.5, 0.6) is 5.75 Å². The Labute approximate surface area is 100 Å². The van der Waals surface area contributed by atoms with Gasteiger partial charge in [-0.05, 0) is 12.5 Å². The minimum absolute atomic E-state index is 0.000857. The molecule has 4 heteroatoms. The van der Waals surface area contributed by atoms with Gasteiger partial charge in [0.1, 0.15) is 12.4 Å². The van der Waals surface area contributed by atoms with E-state index < -0.39 is 0 Å². The van der Waals surface area contributed by atoms with Gasteiger partial charge in [0.05, 0.1) is 6.20 Å². The van der Waals surface area contributed by atoms with Crippen molar-refractivity contribution in [3.05, 3.63) is 47.9 Å². The Bertz CT molecular complexity index is 454. The molecule has 0 aliphatic carbocycles. The van der Waals surface area contributed by atoms with Crippen LogP contribution in [-0.2, 0) is 6.61 Å². The molecule has 0 bridgehead atoms. The number of ether oxygens (including phenoxy) is 1. The van der Waals surface area contributed by atoms with Crippen molar-refractivity contribution < 1.29 is 9.26 Å². The molecule has 1 aromatic carbocycles. The Morgan fingerprint density at radius 1 is 1.35 bits per heavy atom. The lowest BCUT2D eigenvalue weighted by atomic mass is 10.0. The zero-order valence-corrected chi connectivity index (χ0v) is 9.80. The highest BCUT2D eigenvalue weighted by atomic mass is 16.5. The maximum atomic E-state index is 6.03. The third-order valence-electron chi connectivity index (χ3n) is 2.62. The second kappa shape index (κ2) is 5.50. The van der Waals surface area contributed by atoms with Crippen molar-refractivity contribution in [2.75, 3.05) is 0 Å².